The Morgan fingerprint density at radius 3 is 2.06 bits per heavy atom. The van der Waals surface area contributed by atoms with Crippen molar-refractivity contribution in [3.63, 3.8) is 0 Å². The number of hydrogen-bond acceptors (Lipinski definition) is 2. The smallest absolute Gasteiger partial charge is 0.256 e. The Kier molecular flexibility index (Phi) is 2.05. The number of fused-ring (bicyclic) bond motifs is 2. The average molecular weight is 223 g/mol. The van der Waals surface area contributed by atoms with Crippen molar-refractivity contribution in [2.24, 2.45) is 0 Å². The number of hydrogen-bond donors (Lipinski definition) is 1. The Hall–Kier alpha value is -2.42. The average Bonchev–Trinajstić information content (AvgIpc) is 2.48. The minimum absolute atomic E-state index is 0.116. The van der Waals surface area contributed by atoms with Crippen LogP contribution < -0.4 is 11.0 Å². The molecule has 17 heavy (non-hydrogen) atoms. The van der Waals surface area contributed by atoms with Gasteiger partial charge in [0.25, 0.3) is 5.56 Å². The maximum absolute atomic E-state index is 12.3. The standard InChI is InChI=1S/C14H9NO2/c16-13-9-5-1-2-6-10(9)14(17)15-12-8-4-3-7-11(12)13/h1-8H,(H,15,17). The highest BCUT2D eigenvalue weighted by atomic mass is 16.1. The molecule has 3 aromatic rings. The number of aromatic amines is 1. The van der Waals surface area contributed by atoms with Gasteiger partial charge in [-0.05, 0) is 18.2 Å². The van der Waals surface area contributed by atoms with Crippen LogP contribution in [-0.4, -0.2) is 4.98 Å². The van der Waals surface area contributed by atoms with Gasteiger partial charge < -0.3 is 4.98 Å². The van der Waals surface area contributed by atoms with Crippen LogP contribution >= 0.6 is 0 Å². The van der Waals surface area contributed by atoms with Gasteiger partial charge in [-0.3, -0.25) is 9.59 Å². The molecule has 0 saturated heterocycles. The largest absolute Gasteiger partial charge is 0.321 e. The summed E-state index contributed by atoms with van der Waals surface area (Å²) in [5.74, 6) is 0. The molecule has 0 radical (unpaired) electrons. The fourth-order valence-electron chi connectivity index (χ4n) is 2.00. The molecule has 0 unspecified atom stereocenters. The molecule has 0 aliphatic rings. The number of benzene rings is 2. The van der Waals surface area contributed by atoms with Gasteiger partial charge in [0.05, 0.1) is 10.9 Å². The predicted molar refractivity (Wildman–Crippen MR) is 68.3 cm³/mol. The molecule has 1 heterocycles. The molecule has 0 atom stereocenters. The summed E-state index contributed by atoms with van der Waals surface area (Å²) in [5.41, 5.74) is 0.215. The van der Waals surface area contributed by atoms with Gasteiger partial charge >= 0.3 is 0 Å². The Morgan fingerprint density at radius 2 is 1.29 bits per heavy atom. The Balaban J connectivity index is 2.79. The SMILES string of the molecule is O=c1[nH]c2ccccc2c(=O)c2ccccc12. The normalized spacial score (nSPS) is 10.8. The lowest BCUT2D eigenvalue weighted by Gasteiger charge is -1.88. The van der Waals surface area contributed by atoms with Crippen LogP contribution in [0, 0.1) is 0 Å². The van der Waals surface area contributed by atoms with Crippen LogP contribution in [0.5, 0.6) is 0 Å². The molecule has 0 bridgehead atoms. The van der Waals surface area contributed by atoms with E-state index in [4.69, 9.17) is 0 Å². The molecule has 0 saturated carbocycles. The lowest BCUT2D eigenvalue weighted by Crippen LogP contribution is -2.02. The fraction of sp³-hybridized carbons (Fsp3) is 0. The summed E-state index contributed by atoms with van der Waals surface area (Å²) in [4.78, 5) is 27.0. The Bertz CT molecular complexity index is 834. The molecule has 0 aliphatic heterocycles. The summed E-state index contributed by atoms with van der Waals surface area (Å²) in [6.45, 7) is 0. The third-order valence-corrected chi connectivity index (χ3v) is 2.84. The highest BCUT2D eigenvalue weighted by Crippen LogP contribution is 2.08. The lowest BCUT2D eigenvalue weighted by atomic mass is 10.1. The summed E-state index contributed by atoms with van der Waals surface area (Å²) in [5, 5.41) is 1.41. The van der Waals surface area contributed by atoms with Crippen molar-refractivity contribution in [2.45, 2.75) is 0 Å². The molecular formula is C14H9NO2. The molecule has 2 aromatic carbocycles. The maximum Gasteiger partial charge on any atom is 0.256 e. The van der Waals surface area contributed by atoms with Crippen molar-refractivity contribution >= 4 is 21.7 Å². The molecule has 3 heteroatoms. The van der Waals surface area contributed by atoms with Crippen molar-refractivity contribution in [3.05, 3.63) is 69.1 Å². The van der Waals surface area contributed by atoms with Crippen LogP contribution in [0.1, 0.15) is 0 Å². The number of rotatable bonds is 0. The van der Waals surface area contributed by atoms with Crippen LogP contribution in [0.3, 0.4) is 0 Å². The first-order valence-electron chi connectivity index (χ1n) is 5.31. The monoisotopic (exact) mass is 223 g/mol. The number of nitrogens with one attached hydrogen (secondary N) is 1. The minimum Gasteiger partial charge on any atom is -0.321 e. The van der Waals surface area contributed by atoms with Crippen LogP contribution in [-0.2, 0) is 0 Å². The molecular weight excluding hydrogens is 214 g/mol. The van der Waals surface area contributed by atoms with E-state index in [1.54, 1.807) is 48.5 Å². The van der Waals surface area contributed by atoms with E-state index in [1.807, 2.05) is 0 Å². The molecule has 0 aliphatic carbocycles. The lowest BCUT2D eigenvalue weighted by molar-refractivity contribution is 1.36. The molecule has 1 aromatic heterocycles. The number of aromatic nitrogens is 1. The molecule has 3 rings (SSSR count). The molecule has 0 spiro atoms. The summed E-state index contributed by atoms with van der Waals surface area (Å²) in [6.07, 6.45) is 0. The van der Waals surface area contributed by atoms with E-state index in [-0.39, 0.29) is 11.0 Å². The summed E-state index contributed by atoms with van der Waals surface area (Å²) in [6, 6.07) is 13.9. The van der Waals surface area contributed by atoms with E-state index in [9.17, 15) is 9.59 Å². The Morgan fingerprint density at radius 1 is 0.706 bits per heavy atom. The summed E-state index contributed by atoms with van der Waals surface area (Å²) >= 11 is 0. The molecule has 0 amide bonds. The van der Waals surface area contributed by atoms with E-state index < -0.39 is 0 Å². The maximum atomic E-state index is 12.3. The molecule has 1 N–H and O–H groups in total. The van der Waals surface area contributed by atoms with Gasteiger partial charge in [0, 0.05) is 10.8 Å². The van der Waals surface area contributed by atoms with Crippen LogP contribution in [0.25, 0.3) is 21.7 Å². The third-order valence-electron chi connectivity index (χ3n) is 2.84. The second-order valence-electron chi connectivity index (χ2n) is 3.87. The van der Waals surface area contributed by atoms with Gasteiger partial charge in [-0.1, -0.05) is 30.3 Å². The first-order valence-corrected chi connectivity index (χ1v) is 5.31. The third kappa shape index (κ3) is 1.44. The molecule has 82 valence electrons. The van der Waals surface area contributed by atoms with Crippen molar-refractivity contribution in [1.82, 2.24) is 4.98 Å². The first kappa shape index (κ1) is 9.78. The molecule has 0 fully saturated rings. The quantitative estimate of drug-likeness (QED) is 0.634. The highest BCUT2D eigenvalue weighted by Gasteiger charge is 2.04. The van der Waals surface area contributed by atoms with Gasteiger partial charge in [-0.15, -0.1) is 0 Å². The second kappa shape index (κ2) is 3.56. The zero-order valence-corrected chi connectivity index (χ0v) is 8.94. The highest BCUT2D eigenvalue weighted by molar-refractivity contribution is 5.90. The predicted octanol–water partition coefficient (Wildman–Crippen LogP) is 2.04. The minimum atomic E-state index is -0.237. The van der Waals surface area contributed by atoms with Crippen molar-refractivity contribution in [1.29, 1.82) is 0 Å². The van der Waals surface area contributed by atoms with Gasteiger partial charge in [0.2, 0.25) is 0 Å². The number of H-pyrrole nitrogens is 1. The summed E-state index contributed by atoms with van der Waals surface area (Å²) in [7, 11) is 0. The van der Waals surface area contributed by atoms with Crippen LogP contribution in [0.4, 0.5) is 0 Å². The Labute approximate surface area is 96.3 Å². The second-order valence-corrected chi connectivity index (χ2v) is 3.87. The summed E-state index contributed by atoms with van der Waals surface area (Å²) < 4.78 is 0. The zero-order valence-electron chi connectivity index (χ0n) is 8.94. The van der Waals surface area contributed by atoms with Gasteiger partial charge in [-0.2, -0.15) is 0 Å². The van der Waals surface area contributed by atoms with Crippen molar-refractivity contribution in [3.8, 4) is 0 Å². The van der Waals surface area contributed by atoms with E-state index in [1.165, 1.54) is 0 Å². The number of para-hydroxylation sites is 1. The van der Waals surface area contributed by atoms with Crippen LogP contribution in [0.15, 0.2) is 58.1 Å². The topological polar surface area (TPSA) is 49.9 Å². The van der Waals surface area contributed by atoms with Crippen molar-refractivity contribution < 1.29 is 0 Å². The van der Waals surface area contributed by atoms with E-state index in [2.05, 4.69) is 4.98 Å². The van der Waals surface area contributed by atoms with Gasteiger partial charge in [-0.25, -0.2) is 0 Å². The van der Waals surface area contributed by atoms with E-state index in [0.717, 1.165) is 0 Å². The first-order chi connectivity index (χ1) is 8.27. The van der Waals surface area contributed by atoms with E-state index >= 15 is 0 Å². The zero-order chi connectivity index (χ0) is 11.8. The van der Waals surface area contributed by atoms with Gasteiger partial charge in [0.1, 0.15) is 0 Å². The van der Waals surface area contributed by atoms with Gasteiger partial charge in [0.15, 0.2) is 5.43 Å². The fourth-order valence-corrected chi connectivity index (χ4v) is 2.00. The van der Waals surface area contributed by atoms with Crippen molar-refractivity contribution in [2.75, 3.05) is 0 Å². The van der Waals surface area contributed by atoms with E-state index in [0.29, 0.717) is 21.7 Å². The molecule has 3 nitrogen and oxygen atoms in total. The van der Waals surface area contributed by atoms with Crippen LogP contribution in [0.2, 0.25) is 0 Å².